The van der Waals surface area contributed by atoms with Crippen LogP contribution in [0.3, 0.4) is 0 Å². The van der Waals surface area contributed by atoms with Gasteiger partial charge in [-0.25, -0.2) is 9.59 Å². The molecule has 0 saturated heterocycles. The van der Waals surface area contributed by atoms with Gasteiger partial charge in [-0.3, -0.25) is 14.5 Å². The monoisotopic (exact) mass is 928 g/mol. The summed E-state index contributed by atoms with van der Waals surface area (Å²) in [5.41, 5.74) is 1.84. The summed E-state index contributed by atoms with van der Waals surface area (Å²) in [6, 6.07) is 15.3. The molecule has 2 amide bonds. The first-order valence-corrected chi connectivity index (χ1v) is 27.7. The Bertz CT molecular complexity index is 2260. The number of ether oxygens (including phenoxy) is 2. The number of carbonyl (C=O) groups excluding carboxylic acids is 4. The molecular formula is C61H85NO6. The number of benzene rings is 5. The van der Waals surface area contributed by atoms with Crippen LogP contribution in [0.15, 0.2) is 48.5 Å². The normalized spacial score (nSPS) is 13.8. The fraction of sp³-hybridized carbons (Fsp3) is 0.607. The van der Waals surface area contributed by atoms with Crippen molar-refractivity contribution in [2.24, 2.45) is 11.8 Å². The Morgan fingerprint density at radius 1 is 0.397 bits per heavy atom. The Balaban J connectivity index is 1.44. The number of imide groups is 1. The van der Waals surface area contributed by atoms with E-state index in [-0.39, 0.29) is 29.7 Å². The number of hydrogen-bond donors (Lipinski definition) is 0. The molecule has 6 rings (SSSR count). The van der Waals surface area contributed by atoms with Crippen LogP contribution in [0.4, 0.5) is 0 Å². The van der Waals surface area contributed by atoms with Crippen LogP contribution in [0.2, 0.25) is 0 Å². The third-order valence-electron chi connectivity index (χ3n) is 15.2. The summed E-state index contributed by atoms with van der Waals surface area (Å²) in [4.78, 5) is 60.2. The lowest BCUT2D eigenvalue weighted by Crippen LogP contribution is -2.47. The van der Waals surface area contributed by atoms with Gasteiger partial charge in [-0.05, 0) is 107 Å². The van der Waals surface area contributed by atoms with Crippen molar-refractivity contribution in [3.8, 4) is 0 Å². The molecule has 2 unspecified atom stereocenters. The highest BCUT2D eigenvalue weighted by atomic mass is 16.5. The minimum atomic E-state index is -0.430. The van der Waals surface area contributed by atoms with Crippen molar-refractivity contribution in [3.63, 3.8) is 0 Å². The molecule has 0 fully saturated rings. The quantitative estimate of drug-likeness (QED) is 0.0137. The smallest absolute Gasteiger partial charge is 0.338 e. The van der Waals surface area contributed by atoms with E-state index >= 15 is 0 Å². The van der Waals surface area contributed by atoms with Gasteiger partial charge in [0, 0.05) is 27.9 Å². The topological polar surface area (TPSA) is 90.0 Å². The third kappa shape index (κ3) is 12.6. The molecule has 0 aliphatic carbocycles. The molecule has 5 aromatic rings. The van der Waals surface area contributed by atoms with Crippen LogP contribution in [-0.4, -0.2) is 47.9 Å². The largest absolute Gasteiger partial charge is 0.462 e. The molecule has 1 aliphatic rings. The number of rotatable bonds is 33. The number of esters is 2. The Morgan fingerprint density at radius 2 is 0.735 bits per heavy atom. The summed E-state index contributed by atoms with van der Waals surface area (Å²) < 4.78 is 12.5. The molecule has 370 valence electrons. The van der Waals surface area contributed by atoms with E-state index in [0.29, 0.717) is 46.2 Å². The van der Waals surface area contributed by atoms with E-state index in [1.807, 2.05) is 48.5 Å². The fourth-order valence-corrected chi connectivity index (χ4v) is 11.2. The van der Waals surface area contributed by atoms with Gasteiger partial charge in [-0.2, -0.15) is 0 Å². The molecule has 68 heavy (non-hydrogen) atoms. The standard InChI is InChI=1S/C61H85NO6/c1-7-13-19-23-29-43(27-17-11-5)41-67-60(65)52-39-35-48-46-33-37-50-56-51(59(64)62(58(50)63)45(31-25-21-15-9-3)32-26-22-16-10-4)38-34-47(54(46)56)49-36-40-53(57(52)55(48)49)61(66)68-42-44(28-18-12-6)30-24-20-14-8-2/h33-40,43-45H,7-32,41-42H2,1-6H3. The molecule has 2 atom stereocenters. The fourth-order valence-electron chi connectivity index (χ4n) is 11.2. The number of unbranched alkanes of at least 4 members (excludes halogenated alkanes) is 14. The molecule has 0 N–H and O–H groups in total. The maximum atomic E-state index is 14.7. The molecule has 1 aliphatic heterocycles. The van der Waals surface area contributed by atoms with E-state index in [2.05, 4.69) is 41.5 Å². The molecule has 1 heterocycles. The maximum Gasteiger partial charge on any atom is 0.338 e. The van der Waals surface area contributed by atoms with Crippen LogP contribution in [0.5, 0.6) is 0 Å². The van der Waals surface area contributed by atoms with E-state index < -0.39 is 11.9 Å². The molecule has 0 aromatic heterocycles. The lowest BCUT2D eigenvalue weighted by atomic mass is 9.82. The molecule has 5 aromatic carbocycles. The third-order valence-corrected chi connectivity index (χ3v) is 15.2. The zero-order chi connectivity index (χ0) is 48.4. The van der Waals surface area contributed by atoms with Gasteiger partial charge in [0.15, 0.2) is 0 Å². The Labute approximate surface area is 409 Å². The Kier molecular flexibility index (Phi) is 21.0. The van der Waals surface area contributed by atoms with Crippen molar-refractivity contribution in [1.29, 1.82) is 0 Å². The second kappa shape index (κ2) is 27.0. The van der Waals surface area contributed by atoms with E-state index in [0.717, 1.165) is 161 Å². The first kappa shape index (κ1) is 52.8. The van der Waals surface area contributed by atoms with E-state index in [9.17, 15) is 19.2 Å². The van der Waals surface area contributed by atoms with Gasteiger partial charge in [-0.1, -0.05) is 194 Å². The molecule has 0 spiro atoms. The highest BCUT2D eigenvalue weighted by Gasteiger charge is 2.38. The summed E-state index contributed by atoms with van der Waals surface area (Å²) in [6.45, 7) is 13.9. The molecule has 7 nitrogen and oxygen atoms in total. The van der Waals surface area contributed by atoms with Gasteiger partial charge in [0.1, 0.15) is 0 Å². The van der Waals surface area contributed by atoms with Crippen molar-refractivity contribution in [3.05, 3.63) is 70.8 Å². The number of carbonyl (C=O) groups is 4. The summed E-state index contributed by atoms with van der Waals surface area (Å²) >= 11 is 0. The van der Waals surface area contributed by atoms with Crippen LogP contribution in [0, 0.1) is 11.8 Å². The van der Waals surface area contributed by atoms with Gasteiger partial charge in [0.05, 0.1) is 24.3 Å². The Hall–Kier alpha value is -4.52. The summed E-state index contributed by atoms with van der Waals surface area (Å²) in [5.74, 6) is -0.717. The van der Waals surface area contributed by atoms with E-state index in [4.69, 9.17) is 9.47 Å². The van der Waals surface area contributed by atoms with Gasteiger partial charge in [0.2, 0.25) is 0 Å². The highest BCUT2D eigenvalue weighted by molar-refractivity contribution is 6.40. The van der Waals surface area contributed by atoms with Crippen LogP contribution in [0.1, 0.15) is 250 Å². The lowest BCUT2D eigenvalue weighted by molar-refractivity contribution is 0.0422. The van der Waals surface area contributed by atoms with Gasteiger partial charge < -0.3 is 9.47 Å². The number of amides is 2. The molecule has 0 radical (unpaired) electrons. The predicted molar refractivity (Wildman–Crippen MR) is 284 cm³/mol. The molecule has 7 heteroatoms. The zero-order valence-electron chi connectivity index (χ0n) is 43.0. The van der Waals surface area contributed by atoms with E-state index in [1.54, 1.807) is 4.90 Å². The summed E-state index contributed by atoms with van der Waals surface area (Å²) in [5, 5.41) is 6.38. The first-order chi connectivity index (χ1) is 33.2. The van der Waals surface area contributed by atoms with Crippen molar-refractivity contribution in [2.75, 3.05) is 13.2 Å². The van der Waals surface area contributed by atoms with Crippen molar-refractivity contribution >= 4 is 66.8 Å². The number of hydrogen-bond acceptors (Lipinski definition) is 6. The lowest BCUT2D eigenvalue weighted by Gasteiger charge is -2.35. The summed E-state index contributed by atoms with van der Waals surface area (Å²) in [7, 11) is 0. The van der Waals surface area contributed by atoms with Gasteiger partial charge in [0.25, 0.3) is 11.8 Å². The Morgan fingerprint density at radius 3 is 1.12 bits per heavy atom. The zero-order valence-corrected chi connectivity index (χ0v) is 43.0. The van der Waals surface area contributed by atoms with Gasteiger partial charge >= 0.3 is 11.9 Å². The average Bonchev–Trinajstić information content (AvgIpc) is 3.35. The van der Waals surface area contributed by atoms with Crippen LogP contribution < -0.4 is 0 Å². The van der Waals surface area contributed by atoms with Gasteiger partial charge in [-0.15, -0.1) is 0 Å². The maximum absolute atomic E-state index is 14.7. The van der Waals surface area contributed by atoms with Crippen molar-refractivity contribution < 1.29 is 28.7 Å². The van der Waals surface area contributed by atoms with E-state index in [1.165, 1.54) is 38.5 Å². The molecule has 0 bridgehead atoms. The number of fused-ring (bicyclic) bond motifs is 2. The average molecular weight is 928 g/mol. The first-order valence-electron chi connectivity index (χ1n) is 27.7. The number of nitrogens with zero attached hydrogens (tertiary/aromatic N) is 1. The minimum Gasteiger partial charge on any atom is -0.462 e. The SMILES string of the molecule is CCCCCCC(CCCC)COC(=O)c1ccc2c3ccc4c5c(ccc(c6ccc(C(=O)OCC(CCCC)CCCCCC)c1c26)c53)C(=O)N(C(CCCCCC)CCCCCC)C4=O. The minimum absolute atomic E-state index is 0.143. The summed E-state index contributed by atoms with van der Waals surface area (Å²) in [6.07, 6.45) is 28.2. The second-order valence-corrected chi connectivity index (χ2v) is 20.4. The molecule has 0 saturated carbocycles. The van der Waals surface area contributed by atoms with Crippen molar-refractivity contribution in [1.82, 2.24) is 4.90 Å². The predicted octanol–water partition coefficient (Wildman–Crippen LogP) is 17.5. The van der Waals surface area contributed by atoms with Crippen LogP contribution in [-0.2, 0) is 9.47 Å². The highest BCUT2D eigenvalue weighted by Crippen LogP contribution is 2.46. The second-order valence-electron chi connectivity index (χ2n) is 20.4. The van der Waals surface area contributed by atoms with Crippen LogP contribution in [0.25, 0.3) is 43.1 Å². The molecular weight excluding hydrogens is 843 g/mol. The van der Waals surface area contributed by atoms with Crippen LogP contribution >= 0.6 is 0 Å². The van der Waals surface area contributed by atoms with Crippen molar-refractivity contribution in [2.45, 2.75) is 215 Å².